The number of hydrogen-bond donors (Lipinski definition) is 2. The van der Waals surface area contributed by atoms with Crippen LogP contribution in [0, 0.1) is 16.7 Å². The van der Waals surface area contributed by atoms with Crippen molar-refractivity contribution < 1.29 is 23.1 Å². The molecule has 0 aliphatic heterocycles. The Bertz CT molecular complexity index is 1000. The third-order valence-corrected chi connectivity index (χ3v) is 10.6. The van der Waals surface area contributed by atoms with E-state index in [4.69, 9.17) is 0 Å². The van der Waals surface area contributed by atoms with Gasteiger partial charge in [0.05, 0.1) is 5.75 Å². The average molecular weight is 540 g/mol. The Labute approximate surface area is 222 Å². The number of allylic oxidation sites excluding steroid dienone is 5. The predicted octanol–water partition coefficient (Wildman–Crippen LogP) is 5.91. The summed E-state index contributed by atoms with van der Waals surface area (Å²) < 4.78 is 28.3. The van der Waals surface area contributed by atoms with Crippen LogP contribution in [0.1, 0.15) is 86.5 Å². The van der Waals surface area contributed by atoms with E-state index in [1.54, 1.807) is 0 Å². The maximum atomic E-state index is 13.0. The maximum absolute atomic E-state index is 13.0. The lowest BCUT2D eigenvalue weighted by molar-refractivity contribution is -0.138. The normalized spacial score (nSPS) is 24.7. The summed E-state index contributed by atoms with van der Waals surface area (Å²) in [6.07, 6.45) is 12.5. The highest BCUT2D eigenvalue weighted by Gasteiger charge is 2.65. The van der Waals surface area contributed by atoms with Gasteiger partial charge in [-0.25, -0.2) is 13.1 Å². The molecule has 2 bridgehead atoms. The van der Waals surface area contributed by atoms with Gasteiger partial charge in [-0.2, -0.15) is 11.8 Å². The number of Topliss-reactive ketones (excluding diaryl/α,β-unsaturated/α-hetero) is 1. The standard InChI is InChI=1S/C28H45NO5S2/c1-20(2)9-7-10-21(3)11-8-12-22(4)14-16-35-18-24(26(31)32)29-36(33,34)19-28-15-13-23(17-25(28)30)27(28,5)6/h9,11,14,23-24,29H,7-8,10,12-13,15-19H2,1-6H3,(H,31,32)/b21-11+,22-14+/t23-,24+,28+/m1/s1. The Balaban J connectivity index is 1.83. The van der Waals surface area contributed by atoms with E-state index >= 15 is 0 Å². The van der Waals surface area contributed by atoms with Crippen molar-refractivity contribution in [3.63, 3.8) is 0 Å². The molecule has 6 nitrogen and oxygen atoms in total. The van der Waals surface area contributed by atoms with Gasteiger partial charge in [0.15, 0.2) is 0 Å². The smallest absolute Gasteiger partial charge is 0.322 e. The van der Waals surface area contributed by atoms with Gasteiger partial charge in [-0.1, -0.05) is 48.8 Å². The van der Waals surface area contributed by atoms with E-state index in [9.17, 15) is 23.1 Å². The minimum absolute atomic E-state index is 0.00826. The van der Waals surface area contributed by atoms with Crippen molar-refractivity contribution in [1.82, 2.24) is 4.72 Å². The highest BCUT2D eigenvalue weighted by molar-refractivity contribution is 7.99. The van der Waals surface area contributed by atoms with Crippen molar-refractivity contribution in [2.24, 2.45) is 16.7 Å². The van der Waals surface area contributed by atoms with Crippen LogP contribution in [-0.2, 0) is 19.6 Å². The zero-order chi connectivity index (χ0) is 27.1. The number of thioether (sulfide) groups is 1. The highest BCUT2D eigenvalue weighted by Crippen LogP contribution is 2.64. The molecule has 2 aliphatic rings. The molecular formula is C28H45NO5S2. The molecule has 0 heterocycles. The molecule has 0 aromatic heterocycles. The van der Waals surface area contributed by atoms with Crippen LogP contribution in [0.2, 0.25) is 0 Å². The molecule has 8 heteroatoms. The molecule has 204 valence electrons. The van der Waals surface area contributed by atoms with Crippen LogP contribution < -0.4 is 4.72 Å². The molecule has 3 atom stereocenters. The molecule has 36 heavy (non-hydrogen) atoms. The number of carbonyl (C=O) groups is 2. The summed E-state index contributed by atoms with van der Waals surface area (Å²) in [5.41, 5.74) is 2.68. The fourth-order valence-corrected chi connectivity index (χ4v) is 8.71. The quantitative estimate of drug-likeness (QED) is 0.198. The number of carbonyl (C=O) groups excluding carboxylic acids is 1. The number of rotatable bonds is 15. The number of fused-ring (bicyclic) bond motifs is 2. The minimum atomic E-state index is -3.93. The second-order valence-electron chi connectivity index (χ2n) is 11.4. The summed E-state index contributed by atoms with van der Waals surface area (Å²) in [5.74, 6) is -0.542. The third kappa shape index (κ3) is 8.06. The second-order valence-corrected chi connectivity index (χ2v) is 14.3. The number of carboxylic acid groups (broad SMARTS) is 1. The van der Waals surface area contributed by atoms with Crippen LogP contribution in [0.25, 0.3) is 0 Å². The van der Waals surface area contributed by atoms with Crippen molar-refractivity contribution in [1.29, 1.82) is 0 Å². The van der Waals surface area contributed by atoms with Gasteiger partial charge >= 0.3 is 5.97 Å². The number of nitrogens with one attached hydrogen (secondary N) is 1. The van der Waals surface area contributed by atoms with Crippen molar-refractivity contribution >= 4 is 33.5 Å². The van der Waals surface area contributed by atoms with Gasteiger partial charge in [-0.05, 0) is 77.6 Å². The zero-order valence-electron chi connectivity index (χ0n) is 22.9. The van der Waals surface area contributed by atoms with Crippen LogP contribution in [0.15, 0.2) is 34.9 Å². The van der Waals surface area contributed by atoms with Gasteiger partial charge in [0.2, 0.25) is 10.0 Å². The van der Waals surface area contributed by atoms with E-state index in [1.165, 1.54) is 28.5 Å². The van der Waals surface area contributed by atoms with E-state index in [1.807, 2.05) is 13.8 Å². The molecular weight excluding hydrogens is 494 g/mol. The first-order chi connectivity index (χ1) is 16.7. The second kappa shape index (κ2) is 12.9. The monoisotopic (exact) mass is 539 g/mol. The van der Waals surface area contributed by atoms with Crippen molar-refractivity contribution in [2.75, 3.05) is 17.3 Å². The van der Waals surface area contributed by atoms with Gasteiger partial charge in [0.25, 0.3) is 0 Å². The average Bonchev–Trinajstić information content (AvgIpc) is 3.09. The van der Waals surface area contributed by atoms with Crippen LogP contribution >= 0.6 is 11.8 Å². The van der Waals surface area contributed by atoms with Crippen LogP contribution in [0.3, 0.4) is 0 Å². The molecule has 2 saturated carbocycles. The first-order valence-corrected chi connectivity index (χ1v) is 15.8. The van der Waals surface area contributed by atoms with Gasteiger partial charge < -0.3 is 5.11 Å². The summed E-state index contributed by atoms with van der Waals surface area (Å²) in [5, 5.41) is 9.62. The van der Waals surface area contributed by atoms with E-state index in [0.29, 0.717) is 18.6 Å². The molecule has 2 fully saturated rings. The fraction of sp³-hybridized carbons (Fsp3) is 0.714. The van der Waals surface area contributed by atoms with E-state index < -0.39 is 27.4 Å². The summed E-state index contributed by atoms with van der Waals surface area (Å²) in [4.78, 5) is 24.5. The van der Waals surface area contributed by atoms with Gasteiger partial charge in [0, 0.05) is 23.3 Å². The topological polar surface area (TPSA) is 101 Å². The first-order valence-electron chi connectivity index (χ1n) is 13.0. The highest BCUT2D eigenvalue weighted by atomic mass is 32.2. The number of carboxylic acids is 1. The molecule has 0 aromatic rings. The SMILES string of the molecule is CC(C)=CCC/C(C)=C/CC/C(C)=C/CSC[C@H](NS(=O)(=O)C[C@@]12CC[C@H](CC1=O)C2(C)C)C(=O)O. The lowest BCUT2D eigenvalue weighted by atomic mass is 9.70. The van der Waals surface area contributed by atoms with Gasteiger partial charge in [-0.15, -0.1) is 0 Å². The molecule has 0 saturated heterocycles. The zero-order valence-corrected chi connectivity index (χ0v) is 24.5. The minimum Gasteiger partial charge on any atom is -0.480 e. The largest absolute Gasteiger partial charge is 0.480 e. The maximum Gasteiger partial charge on any atom is 0.322 e. The number of hydrogen-bond acceptors (Lipinski definition) is 5. The van der Waals surface area contributed by atoms with Crippen LogP contribution in [0.5, 0.6) is 0 Å². The lowest BCUT2D eigenvalue weighted by Crippen LogP contribution is -2.49. The Hall–Kier alpha value is -1.38. The Morgan fingerprint density at radius 1 is 1.11 bits per heavy atom. The van der Waals surface area contributed by atoms with Crippen molar-refractivity contribution in [3.8, 4) is 0 Å². The molecule has 0 amide bonds. The molecule has 0 unspecified atom stereocenters. The molecule has 2 N–H and O–H groups in total. The predicted molar refractivity (Wildman–Crippen MR) is 150 cm³/mol. The third-order valence-electron chi connectivity index (χ3n) is 8.15. The Kier molecular flexibility index (Phi) is 11.1. The number of aliphatic carboxylic acids is 1. The summed E-state index contributed by atoms with van der Waals surface area (Å²) in [6, 6.07) is -1.21. The Morgan fingerprint density at radius 3 is 2.25 bits per heavy atom. The van der Waals surface area contributed by atoms with Crippen molar-refractivity contribution in [3.05, 3.63) is 34.9 Å². The van der Waals surface area contributed by atoms with Gasteiger partial charge in [0.1, 0.15) is 11.8 Å². The first kappa shape index (κ1) is 30.8. The lowest BCUT2D eigenvalue weighted by Gasteiger charge is -2.36. The van der Waals surface area contributed by atoms with E-state index in [0.717, 1.165) is 32.1 Å². The molecule has 0 aromatic carbocycles. The molecule has 0 spiro atoms. The molecule has 2 aliphatic carbocycles. The fourth-order valence-electron chi connectivity index (χ4n) is 5.57. The Morgan fingerprint density at radius 2 is 1.72 bits per heavy atom. The molecule has 2 rings (SSSR count). The van der Waals surface area contributed by atoms with Gasteiger partial charge in [-0.3, -0.25) is 9.59 Å². The number of ketones is 1. The number of sulfonamides is 1. The summed E-state index contributed by atoms with van der Waals surface area (Å²) in [6.45, 7) is 12.4. The van der Waals surface area contributed by atoms with E-state index in [-0.39, 0.29) is 28.6 Å². The van der Waals surface area contributed by atoms with Crippen LogP contribution in [0.4, 0.5) is 0 Å². The summed E-state index contributed by atoms with van der Waals surface area (Å²) in [7, 11) is -3.93. The van der Waals surface area contributed by atoms with Crippen molar-refractivity contribution in [2.45, 2.75) is 92.5 Å². The molecule has 0 radical (unpaired) electrons. The van der Waals surface area contributed by atoms with E-state index in [2.05, 4.69) is 50.6 Å². The summed E-state index contributed by atoms with van der Waals surface area (Å²) >= 11 is 1.40. The van der Waals surface area contributed by atoms with Crippen LogP contribution in [-0.4, -0.2) is 48.6 Å².